The second-order valence-corrected chi connectivity index (χ2v) is 8.85. The monoisotopic (exact) mass is 488 g/mol. The Kier molecular flexibility index (Phi) is 7.75. The van der Waals surface area contributed by atoms with E-state index in [9.17, 15) is 14.9 Å². The van der Waals surface area contributed by atoms with Crippen molar-refractivity contribution in [3.63, 3.8) is 0 Å². The lowest BCUT2D eigenvalue weighted by atomic mass is 10.0. The number of nitrogens with one attached hydrogen (secondary N) is 1. The Hall–Kier alpha value is -4.16. The number of benzene rings is 1. The highest BCUT2D eigenvalue weighted by molar-refractivity contribution is 7.16. The number of ether oxygens (including phenoxy) is 2. The van der Waals surface area contributed by atoms with Crippen LogP contribution in [0.15, 0.2) is 54.7 Å². The Morgan fingerprint density at radius 1 is 1.26 bits per heavy atom. The smallest absolute Gasteiger partial charge is 0.410 e. The maximum atomic E-state index is 12.5. The predicted molar refractivity (Wildman–Crippen MR) is 133 cm³/mol. The number of hydrogen-bond acceptors (Lipinski definition) is 7. The third-order valence-corrected chi connectivity index (χ3v) is 6.66. The summed E-state index contributed by atoms with van der Waals surface area (Å²) in [4.78, 5) is 31.8. The summed E-state index contributed by atoms with van der Waals surface area (Å²) in [6.45, 7) is 1.03. The molecule has 0 radical (unpaired) electrons. The molecule has 2 amide bonds. The first-order valence-electron chi connectivity index (χ1n) is 11.1. The molecule has 1 N–H and O–H groups in total. The van der Waals surface area contributed by atoms with Crippen molar-refractivity contribution in [1.29, 1.82) is 5.26 Å². The Morgan fingerprint density at radius 2 is 2.09 bits per heavy atom. The first kappa shape index (κ1) is 24.0. The highest BCUT2D eigenvalue weighted by Crippen LogP contribution is 2.36. The van der Waals surface area contributed by atoms with E-state index in [1.54, 1.807) is 24.3 Å². The number of carbonyl (C=O) groups excluding carboxylic acids is 2. The number of fused-ring (bicyclic) bond motifs is 1. The topological polar surface area (TPSA) is 105 Å². The summed E-state index contributed by atoms with van der Waals surface area (Å²) >= 11 is 1.31. The Morgan fingerprint density at radius 3 is 2.86 bits per heavy atom. The lowest BCUT2D eigenvalue weighted by Gasteiger charge is -2.26. The normalized spacial score (nSPS) is 12.6. The van der Waals surface area contributed by atoms with Crippen LogP contribution in [-0.2, 0) is 28.9 Å². The van der Waals surface area contributed by atoms with Crippen molar-refractivity contribution in [3.05, 3.63) is 82.0 Å². The van der Waals surface area contributed by atoms with Crippen molar-refractivity contribution in [3.8, 4) is 11.8 Å². The number of anilines is 1. The molecule has 3 heterocycles. The average molecular weight is 489 g/mol. The lowest BCUT2D eigenvalue weighted by Crippen LogP contribution is -2.36. The van der Waals surface area contributed by atoms with Gasteiger partial charge < -0.3 is 19.7 Å². The van der Waals surface area contributed by atoms with Crippen LogP contribution in [-0.4, -0.2) is 42.1 Å². The third-order valence-electron chi connectivity index (χ3n) is 5.53. The third kappa shape index (κ3) is 5.86. The van der Waals surface area contributed by atoms with Gasteiger partial charge in [-0.3, -0.25) is 9.78 Å². The number of nitriles is 1. The van der Waals surface area contributed by atoms with E-state index in [1.807, 2.05) is 42.5 Å². The summed E-state index contributed by atoms with van der Waals surface area (Å²) in [6.07, 6.45) is 5.44. The van der Waals surface area contributed by atoms with Gasteiger partial charge in [0.1, 0.15) is 16.8 Å². The van der Waals surface area contributed by atoms with Crippen LogP contribution in [0.3, 0.4) is 0 Å². The Balaban J connectivity index is 1.38. The molecule has 2 aromatic heterocycles. The molecular weight excluding hydrogens is 464 g/mol. The molecule has 4 rings (SSSR count). The fourth-order valence-electron chi connectivity index (χ4n) is 3.77. The lowest BCUT2D eigenvalue weighted by molar-refractivity contribution is -0.111. The van der Waals surface area contributed by atoms with E-state index in [4.69, 9.17) is 9.47 Å². The van der Waals surface area contributed by atoms with Crippen LogP contribution < -0.4 is 10.1 Å². The van der Waals surface area contributed by atoms with Crippen LogP contribution in [0.2, 0.25) is 0 Å². The van der Waals surface area contributed by atoms with Gasteiger partial charge in [-0.05, 0) is 36.3 Å². The van der Waals surface area contributed by atoms with Gasteiger partial charge in [-0.2, -0.15) is 5.26 Å². The summed E-state index contributed by atoms with van der Waals surface area (Å²) in [7, 11) is 1.57. The zero-order valence-corrected chi connectivity index (χ0v) is 20.0. The van der Waals surface area contributed by atoms with Crippen LogP contribution in [0, 0.1) is 11.3 Å². The molecule has 0 bridgehead atoms. The molecule has 0 atom stereocenters. The fourth-order valence-corrected chi connectivity index (χ4v) is 4.99. The summed E-state index contributed by atoms with van der Waals surface area (Å²) < 4.78 is 10.7. The molecule has 1 aromatic carbocycles. The molecule has 0 saturated heterocycles. The van der Waals surface area contributed by atoms with E-state index in [0.29, 0.717) is 42.2 Å². The summed E-state index contributed by atoms with van der Waals surface area (Å²) in [5, 5.41) is 13.0. The maximum absolute atomic E-state index is 12.5. The molecule has 178 valence electrons. The van der Waals surface area contributed by atoms with Crippen molar-refractivity contribution < 1.29 is 19.1 Å². The highest BCUT2D eigenvalue weighted by atomic mass is 32.1. The maximum Gasteiger partial charge on any atom is 0.410 e. The van der Waals surface area contributed by atoms with Gasteiger partial charge in [0.05, 0.1) is 25.8 Å². The van der Waals surface area contributed by atoms with E-state index in [1.165, 1.54) is 17.4 Å². The molecule has 1 aliphatic heterocycles. The molecule has 3 aromatic rings. The average Bonchev–Trinajstić information content (AvgIpc) is 3.24. The van der Waals surface area contributed by atoms with Crippen molar-refractivity contribution in [2.45, 2.75) is 19.4 Å². The molecule has 0 aliphatic carbocycles. The van der Waals surface area contributed by atoms with Crippen molar-refractivity contribution in [2.75, 3.05) is 25.6 Å². The van der Waals surface area contributed by atoms with Crippen LogP contribution in [0.5, 0.6) is 5.75 Å². The van der Waals surface area contributed by atoms with Crippen LogP contribution >= 0.6 is 11.3 Å². The summed E-state index contributed by atoms with van der Waals surface area (Å²) in [5.41, 5.74) is 2.96. The second kappa shape index (κ2) is 11.3. The van der Waals surface area contributed by atoms with Gasteiger partial charge >= 0.3 is 6.09 Å². The van der Waals surface area contributed by atoms with Crippen molar-refractivity contribution in [1.82, 2.24) is 9.88 Å². The number of aromatic nitrogens is 1. The number of rotatable bonds is 7. The fraction of sp³-hybridized carbons (Fsp3) is 0.231. The summed E-state index contributed by atoms with van der Waals surface area (Å²) in [6, 6.07) is 15.2. The predicted octanol–water partition coefficient (Wildman–Crippen LogP) is 4.41. The molecule has 8 nitrogen and oxygen atoms in total. The van der Waals surface area contributed by atoms with E-state index < -0.39 is 6.09 Å². The second-order valence-electron chi connectivity index (χ2n) is 7.74. The molecule has 9 heteroatoms. The molecular formula is C26H24N4O4S. The van der Waals surface area contributed by atoms with Gasteiger partial charge in [0.15, 0.2) is 0 Å². The Labute approximate surface area is 207 Å². The number of carbonyl (C=O) groups is 2. The Bertz CT molecular complexity index is 1280. The minimum atomic E-state index is -0.399. The molecule has 0 spiro atoms. The zero-order valence-electron chi connectivity index (χ0n) is 19.2. The first-order chi connectivity index (χ1) is 17.1. The number of pyridine rings is 1. The number of hydrogen-bond donors (Lipinski definition) is 1. The number of methoxy groups -OCH3 is 1. The van der Waals surface area contributed by atoms with Gasteiger partial charge in [0.2, 0.25) is 5.91 Å². The van der Waals surface area contributed by atoms with Gasteiger partial charge in [-0.1, -0.05) is 24.3 Å². The first-order valence-corrected chi connectivity index (χ1v) is 11.9. The van der Waals surface area contributed by atoms with E-state index in [-0.39, 0.29) is 12.5 Å². The molecule has 0 saturated carbocycles. The van der Waals surface area contributed by atoms with Crippen LogP contribution in [0.1, 0.15) is 27.3 Å². The minimum absolute atomic E-state index is 0.243. The van der Waals surface area contributed by atoms with Crippen molar-refractivity contribution in [2.24, 2.45) is 0 Å². The van der Waals surface area contributed by atoms with E-state index >= 15 is 0 Å². The molecule has 1 aliphatic rings. The zero-order chi connectivity index (χ0) is 24.6. The quantitative estimate of drug-likeness (QED) is 0.494. The number of nitrogens with zero attached hydrogens (tertiary/aromatic N) is 3. The van der Waals surface area contributed by atoms with E-state index in [2.05, 4.69) is 16.4 Å². The standard InChI is InChI=1S/C26H24N4O4S/c1-33-22-8-3-2-6-18(22)9-10-24(31)29-25-21(16-27)20-11-14-30(17-23(20)35-25)26(32)34-15-12-19-7-4-5-13-28-19/h2-10,13H,11-12,14-15,17H2,1H3,(H,29,31). The van der Waals surface area contributed by atoms with Gasteiger partial charge in [0, 0.05) is 41.4 Å². The molecule has 0 fully saturated rings. The molecule has 0 unspecified atom stereocenters. The largest absolute Gasteiger partial charge is 0.496 e. The molecule has 35 heavy (non-hydrogen) atoms. The summed E-state index contributed by atoms with van der Waals surface area (Å²) in [5.74, 6) is 0.310. The van der Waals surface area contributed by atoms with E-state index in [0.717, 1.165) is 21.7 Å². The van der Waals surface area contributed by atoms with Gasteiger partial charge in [-0.15, -0.1) is 11.3 Å². The number of thiophene rings is 1. The number of amides is 2. The van der Waals surface area contributed by atoms with Crippen molar-refractivity contribution >= 4 is 34.4 Å². The minimum Gasteiger partial charge on any atom is -0.496 e. The SMILES string of the molecule is COc1ccccc1C=CC(=O)Nc1sc2c(c1C#N)CCN(C(=O)OCCc1ccccn1)C2. The van der Waals surface area contributed by atoms with Crippen LogP contribution in [0.4, 0.5) is 9.80 Å². The highest BCUT2D eigenvalue weighted by Gasteiger charge is 2.28. The van der Waals surface area contributed by atoms with Gasteiger partial charge in [0.25, 0.3) is 0 Å². The van der Waals surface area contributed by atoms with Crippen LogP contribution in [0.25, 0.3) is 6.08 Å². The number of para-hydroxylation sites is 1. The van der Waals surface area contributed by atoms with Gasteiger partial charge in [-0.25, -0.2) is 4.79 Å².